The largest absolute Gasteiger partial charge is 0.497 e. The van der Waals surface area contributed by atoms with Gasteiger partial charge in [0.1, 0.15) is 5.75 Å². The minimum Gasteiger partial charge on any atom is -0.497 e. The molecule has 0 aromatic heterocycles. The van der Waals surface area contributed by atoms with Crippen LogP contribution < -0.4 is 15.4 Å². The van der Waals surface area contributed by atoms with Gasteiger partial charge in [0, 0.05) is 37.3 Å². The Labute approximate surface area is 126 Å². The van der Waals surface area contributed by atoms with Gasteiger partial charge in [-0.2, -0.15) is 0 Å². The number of carbonyl (C=O) groups is 1. The summed E-state index contributed by atoms with van der Waals surface area (Å²) >= 11 is 0. The summed E-state index contributed by atoms with van der Waals surface area (Å²) in [6.07, 6.45) is 2.23. The summed E-state index contributed by atoms with van der Waals surface area (Å²) in [4.78, 5) is 13.6. The second kappa shape index (κ2) is 7.31. The molecule has 0 aliphatic carbocycles. The van der Waals surface area contributed by atoms with Gasteiger partial charge in [0.15, 0.2) is 0 Å². The van der Waals surface area contributed by atoms with Crippen LogP contribution in [0.5, 0.6) is 5.75 Å². The Balaban J connectivity index is 2.01. The topological polar surface area (TPSA) is 64.8 Å². The van der Waals surface area contributed by atoms with Gasteiger partial charge in [0.2, 0.25) is 0 Å². The molecule has 1 aromatic carbocycles. The van der Waals surface area contributed by atoms with Crippen LogP contribution in [0.4, 0.5) is 5.69 Å². The van der Waals surface area contributed by atoms with E-state index in [1.807, 2.05) is 18.2 Å². The third-order valence-electron chi connectivity index (χ3n) is 3.97. The van der Waals surface area contributed by atoms with Crippen LogP contribution in [0.1, 0.15) is 19.3 Å². The van der Waals surface area contributed by atoms with E-state index in [0.29, 0.717) is 12.3 Å². The molecule has 1 fully saturated rings. The minimum absolute atomic E-state index is 0.132. The fourth-order valence-electron chi connectivity index (χ4n) is 2.90. The van der Waals surface area contributed by atoms with E-state index in [0.717, 1.165) is 37.4 Å². The molecule has 5 heteroatoms. The lowest BCUT2D eigenvalue weighted by molar-refractivity contribution is -0.140. The van der Waals surface area contributed by atoms with Crippen molar-refractivity contribution in [2.45, 2.75) is 25.3 Å². The summed E-state index contributed by atoms with van der Waals surface area (Å²) in [6, 6.07) is 8.14. The maximum Gasteiger partial charge on any atom is 0.305 e. The molecule has 5 nitrogen and oxygen atoms in total. The van der Waals surface area contributed by atoms with Crippen molar-refractivity contribution >= 4 is 11.7 Å². The van der Waals surface area contributed by atoms with E-state index in [4.69, 9.17) is 15.2 Å². The van der Waals surface area contributed by atoms with Crippen LogP contribution in [-0.2, 0) is 9.53 Å². The Morgan fingerprint density at radius 1 is 1.38 bits per heavy atom. The lowest BCUT2D eigenvalue weighted by Gasteiger charge is -2.38. The summed E-state index contributed by atoms with van der Waals surface area (Å²) in [5.41, 5.74) is 7.29. The smallest absolute Gasteiger partial charge is 0.305 e. The Kier molecular flexibility index (Phi) is 5.44. The van der Waals surface area contributed by atoms with Crippen molar-refractivity contribution < 1.29 is 14.3 Å². The van der Waals surface area contributed by atoms with Gasteiger partial charge in [0.05, 0.1) is 14.2 Å². The van der Waals surface area contributed by atoms with E-state index >= 15 is 0 Å². The number of methoxy groups -OCH3 is 2. The Hall–Kier alpha value is -1.75. The number of rotatable bonds is 5. The lowest BCUT2D eigenvalue weighted by atomic mass is 9.90. The van der Waals surface area contributed by atoms with Crippen molar-refractivity contribution in [3.63, 3.8) is 0 Å². The molecule has 2 rings (SSSR count). The number of anilines is 1. The summed E-state index contributed by atoms with van der Waals surface area (Å²) in [5.74, 6) is 1.11. The zero-order valence-electron chi connectivity index (χ0n) is 12.7. The van der Waals surface area contributed by atoms with E-state index in [2.05, 4.69) is 11.0 Å². The van der Waals surface area contributed by atoms with Gasteiger partial charge in [-0.15, -0.1) is 0 Å². The molecule has 2 atom stereocenters. The number of nitrogens with zero attached hydrogens (tertiary/aromatic N) is 1. The fourth-order valence-corrected chi connectivity index (χ4v) is 2.90. The van der Waals surface area contributed by atoms with Crippen molar-refractivity contribution in [2.75, 3.05) is 32.2 Å². The first-order chi connectivity index (χ1) is 10.1. The van der Waals surface area contributed by atoms with Crippen LogP contribution in [-0.4, -0.2) is 39.3 Å². The number of ether oxygens (including phenoxy) is 2. The molecule has 0 saturated carbocycles. The van der Waals surface area contributed by atoms with Gasteiger partial charge in [-0.05, 0) is 30.9 Å². The van der Waals surface area contributed by atoms with Gasteiger partial charge in [-0.25, -0.2) is 0 Å². The molecular formula is C16H24N2O3. The maximum absolute atomic E-state index is 11.3. The van der Waals surface area contributed by atoms with E-state index in [-0.39, 0.29) is 12.0 Å². The van der Waals surface area contributed by atoms with E-state index in [1.54, 1.807) is 7.11 Å². The average molecular weight is 292 g/mol. The number of hydrogen-bond donors (Lipinski definition) is 1. The van der Waals surface area contributed by atoms with Crippen LogP contribution in [0.15, 0.2) is 24.3 Å². The molecule has 0 radical (unpaired) electrons. The summed E-state index contributed by atoms with van der Waals surface area (Å²) in [5, 5.41) is 0. The summed E-state index contributed by atoms with van der Waals surface area (Å²) in [6.45, 7) is 1.75. The van der Waals surface area contributed by atoms with Crippen LogP contribution in [0, 0.1) is 5.92 Å². The normalized spacial score (nSPS) is 22.0. The van der Waals surface area contributed by atoms with Crippen molar-refractivity contribution in [3.05, 3.63) is 24.3 Å². The fraction of sp³-hybridized carbons (Fsp3) is 0.562. The average Bonchev–Trinajstić information content (AvgIpc) is 2.52. The van der Waals surface area contributed by atoms with E-state index < -0.39 is 0 Å². The van der Waals surface area contributed by atoms with Crippen LogP contribution in [0.25, 0.3) is 0 Å². The molecule has 0 amide bonds. The van der Waals surface area contributed by atoms with Gasteiger partial charge in [-0.3, -0.25) is 4.79 Å². The SMILES string of the molecule is COC(=O)CCC1CC(N)CN(c2cccc(OC)c2)C1. The number of esters is 1. The van der Waals surface area contributed by atoms with Crippen LogP contribution in [0.3, 0.4) is 0 Å². The van der Waals surface area contributed by atoms with Gasteiger partial charge < -0.3 is 20.1 Å². The number of nitrogens with two attached hydrogens (primary N) is 1. The second-order valence-corrected chi connectivity index (χ2v) is 5.58. The van der Waals surface area contributed by atoms with Crippen LogP contribution in [0.2, 0.25) is 0 Å². The molecule has 2 unspecified atom stereocenters. The van der Waals surface area contributed by atoms with E-state index in [1.165, 1.54) is 7.11 Å². The highest BCUT2D eigenvalue weighted by atomic mass is 16.5. The highest BCUT2D eigenvalue weighted by molar-refractivity contribution is 5.69. The molecule has 21 heavy (non-hydrogen) atoms. The molecule has 1 heterocycles. The molecule has 1 saturated heterocycles. The highest BCUT2D eigenvalue weighted by Crippen LogP contribution is 2.27. The number of hydrogen-bond acceptors (Lipinski definition) is 5. The quantitative estimate of drug-likeness (QED) is 0.838. The third kappa shape index (κ3) is 4.36. The monoisotopic (exact) mass is 292 g/mol. The first kappa shape index (κ1) is 15.6. The zero-order chi connectivity index (χ0) is 15.2. The minimum atomic E-state index is -0.151. The molecule has 1 aliphatic rings. The predicted octanol–water partition coefficient (Wildman–Crippen LogP) is 1.80. The first-order valence-corrected chi connectivity index (χ1v) is 7.33. The summed E-state index contributed by atoms with van der Waals surface area (Å²) in [7, 11) is 3.09. The zero-order valence-corrected chi connectivity index (χ0v) is 12.7. The maximum atomic E-state index is 11.3. The standard InChI is InChI=1S/C16H24N2O3/c1-20-15-5-3-4-14(9-15)18-10-12(8-13(17)11-18)6-7-16(19)21-2/h3-5,9,12-13H,6-8,10-11,17H2,1-2H3. The van der Waals surface area contributed by atoms with Crippen molar-refractivity contribution in [1.29, 1.82) is 0 Å². The molecule has 1 aliphatic heterocycles. The van der Waals surface area contributed by atoms with Crippen molar-refractivity contribution in [2.24, 2.45) is 11.7 Å². The van der Waals surface area contributed by atoms with Crippen LogP contribution >= 0.6 is 0 Å². The third-order valence-corrected chi connectivity index (χ3v) is 3.97. The molecule has 0 spiro atoms. The molecule has 116 valence electrons. The van der Waals surface area contributed by atoms with Crippen molar-refractivity contribution in [1.82, 2.24) is 0 Å². The number of carbonyl (C=O) groups excluding carboxylic acids is 1. The molecular weight excluding hydrogens is 268 g/mol. The molecule has 1 aromatic rings. The second-order valence-electron chi connectivity index (χ2n) is 5.58. The predicted molar refractivity (Wildman–Crippen MR) is 82.5 cm³/mol. The summed E-state index contributed by atoms with van der Waals surface area (Å²) < 4.78 is 9.98. The lowest BCUT2D eigenvalue weighted by Crippen LogP contribution is -2.47. The molecule has 0 bridgehead atoms. The molecule has 2 N–H and O–H groups in total. The first-order valence-electron chi connectivity index (χ1n) is 7.33. The van der Waals surface area contributed by atoms with Gasteiger partial charge in [0.25, 0.3) is 0 Å². The number of piperidine rings is 1. The van der Waals surface area contributed by atoms with Gasteiger partial charge >= 0.3 is 5.97 Å². The van der Waals surface area contributed by atoms with E-state index in [9.17, 15) is 4.79 Å². The van der Waals surface area contributed by atoms with Crippen molar-refractivity contribution in [3.8, 4) is 5.75 Å². The Morgan fingerprint density at radius 3 is 2.90 bits per heavy atom. The highest BCUT2D eigenvalue weighted by Gasteiger charge is 2.26. The van der Waals surface area contributed by atoms with Gasteiger partial charge in [-0.1, -0.05) is 6.07 Å². The number of benzene rings is 1. The Morgan fingerprint density at radius 2 is 2.19 bits per heavy atom. The Bertz CT molecular complexity index is 478.